The molecule has 0 aromatic rings. The number of fused-ring (bicyclic) bond motifs is 10. The summed E-state index contributed by atoms with van der Waals surface area (Å²) < 4.78 is 0. The van der Waals surface area contributed by atoms with Crippen molar-refractivity contribution < 1.29 is 19.8 Å². The van der Waals surface area contributed by atoms with Gasteiger partial charge in [0.25, 0.3) is 0 Å². The van der Waals surface area contributed by atoms with E-state index in [2.05, 4.69) is 27.7 Å². The third-order valence-electron chi connectivity index (χ3n) is 16.3. The molecule has 2 N–H and O–H groups in total. The Labute approximate surface area is 254 Å². The van der Waals surface area contributed by atoms with E-state index in [9.17, 15) is 19.8 Å². The Balaban J connectivity index is 0.000000137. The summed E-state index contributed by atoms with van der Waals surface area (Å²) in [5.41, 5.74) is 2.48. The molecule has 42 heavy (non-hydrogen) atoms. The van der Waals surface area contributed by atoms with Gasteiger partial charge >= 0.3 is 0 Å². The fourth-order valence-corrected chi connectivity index (χ4v) is 13.5. The summed E-state index contributed by atoms with van der Waals surface area (Å²) in [6.07, 6.45) is 20.7. The number of aliphatic hydroxyl groups is 2. The number of Topliss-reactive ketones (excluding diaryl/α,β-unsaturated/α-hetero) is 1. The lowest BCUT2D eigenvalue weighted by molar-refractivity contribution is -0.141. The molecule has 8 rings (SSSR count). The first-order chi connectivity index (χ1) is 19.9. The summed E-state index contributed by atoms with van der Waals surface area (Å²) in [4.78, 5) is 23.7. The molecule has 0 amide bonds. The van der Waals surface area contributed by atoms with Gasteiger partial charge in [-0.2, -0.15) is 0 Å². The van der Waals surface area contributed by atoms with E-state index in [-0.39, 0.29) is 28.5 Å². The fourth-order valence-electron chi connectivity index (χ4n) is 13.5. The van der Waals surface area contributed by atoms with Crippen LogP contribution < -0.4 is 0 Å². The van der Waals surface area contributed by atoms with Crippen molar-refractivity contribution in [2.24, 2.45) is 63.1 Å². The third kappa shape index (κ3) is 4.26. The number of allylic oxidation sites excluding steroid dienone is 1. The smallest absolute Gasteiger partial charge is 0.155 e. The molecule has 0 spiro atoms. The minimum Gasteiger partial charge on any atom is -0.393 e. The zero-order valence-electron chi connectivity index (χ0n) is 27.0. The number of ketones is 2. The monoisotopic (exact) mass is 578 g/mol. The largest absolute Gasteiger partial charge is 0.393 e. The van der Waals surface area contributed by atoms with Gasteiger partial charge in [0.15, 0.2) is 5.78 Å². The second-order valence-corrected chi connectivity index (χ2v) is 17.6. The van der Waals surface area contributed by atoms with Crippen LogP contribution in [0.4, 0.5) is 0 Å². The molecule has 0 radical (unpaired) electrons. The van der Waals surface area contributed by atoms with Gasteiger partial charge in [0.2, 0.25) is 0 Å². The maximum Gasteiger partial charge on any atom is 0.155 e. The molecule has 0 bridgehead atoms. The van der Waals surface area contributed by atoms with E-state index in [1.807, 2.05) is 6.08 Å². The fraction of sp³-hybridized carbons (Fsp3) is 0.895. The Morgan fingerprint density at radius 1 is 0.595 bits per heavy atom. The van der Waals surface area contributed by atoms with Crippen molar-refractivity contribution in [3.63, 3.8) is 0 Å². The van der Waals surface area contributed by atoms with Crippen LogP contribution in [0, 0.1) is 63.1 Å². The normalized spacial score (nSPS) is 54.6. The molecule has 8 aliphatic carbocycles. The zero-order valence-corrected chi connectivity index (χ0v) is 27.0. The van der Waals surface area contributed by atoms with E-state index in [1.54, 1.807) is 0 Å². The van der Waals surface area contributed by atoms with Gasteiger partial charge in [0, 0.05) is 19.3 Å². The maximum atomic E-state index is 11.9. The zero-order chi connectivity index (χ0) is 29.7. The van der Waals surface area contributed by atoms with Crippen LogP contribution in [0.25, 0.3) is 0 Å². The second kappa shape index (κ2) is 10.3. The van der Waals surface area contributed by atoms with Gasteiger partial charge in [0.05, 0.1) is 12.2 Å². The second-order valence-electron chi connectivity index (χ2n) is 17.6. The standard InChI is InChI=1S/C19H30O2.C19H28O2/c2*1-18-9-7-13(20)11-12(18)3-4-14-15-5-6-17(21)19(15,2)10-8-16(14)18/h12,14-17,21H,3-11H2,1-2H3;11,14-17,21H,3-10H2,1-2H3/t12-,14-,15-,16-,17-,18-,19-;14-,15-,16-,17-,18-,19-/m00/s1. The van der Waals surface area contributed by atoms with Gasteiger partial charge in [-0.1, -0.05) is 33.3 Å². The minimum absolute atomic E-state index is 0.0677. The molecule has 7 saturated carbocycles. The molecule has 7 fully saturated rings. The Morgan fingerprint density at radius 3 is 1.86 bits per heavy atom. The predicted molar refractivity (Wildman–Crippen MR) is 165 cm³/mol. The minimum atomic E-state index is -0.0823. The summed E-state index contributed by atoms with van der Waals surface area (Å²) in [6.45, 7) is 9.61. The predicted octanol–water partition coefficient (Wildman–Crippen LogP) is 7.84. The van der Waals surface area contributed by atoms with Gasteiger partial charge in [0.1, 0.15) is 5.78 Å². The molecule has 0 unspecified atom stereocenters. The highest BCUT2D eigenvalue weighted by atomic mass is 16.3. The third-order valence-corrected chi connectivity index (χ3v) is 16.3. The van der Waals surface area contributed by atoms with Gasteiger partial charge in [-0.25, -0.2) is 0 Å². The van der Waals surface area contributed by atoms with E-state index in [0.717, 1.165) is 81.0 Å². The molecule has 0 aromatic carbocycles. The summed E-state index contributed by atoms with van der Waals surface area (Å²) in [5, 5.41) is 20.9. The van der Waals surface area contributed by atoms with Crippen LogP contribution in [0.2, 0.25) is 0 Å². The molecular weight excluding hydrogens is 520 g/mol. The van der Waals surface area contributed by atoms with Crippen LogP contribution in [0.3, 0.4) is 0 Å². The van der Waals surface area contributed by atoms with Crippen LogP contribution in [0.5, 0.6) is 0 Å². The molecule has 4 heteroatoms. The molecule has 234 valence electrons. The van der Waals surface area contributed by atoms with Gasteiger partial charge in [-0.05, 0) is 159 Å². The van der Waals surface area contributed by atoms with E-state index in [0.29, 0.717) is 28.8 Å². The molecular formula is C38H58O4. The first-order valence-corrected chi connectivity index (χ1v) is 18.0. The summed E-state index contributed by atoms with van der Waals surface area (Å²) in [5.74, 6) is 6.10. The lowest BCUT2D eigenvalue weighted by atomic mass is 9.45. The van der Waals surface area contributed by atoms with Crippen molar-refractivity contribution in [2.45, 2.75) is 149 Å². The molecule has 0 saturated heterocycles. The van der Waals surface area contributed by atoms with Gasteiger partial charge in [-0.3, -0.25) is 9.59 Å². The van der Waals surface area contributed by atoms with Gasteiger partial charge in [-0.15, -0.1) is 0 Å². The van der Waals surface area contributed by atoms with Crippen LogP contribution in [-0.4, -0.2) is 34.0 Å². The Morgan fingerprint density at radius 2 is 1.19 bits per heavy atom. The summed E-state index contributed by atoms with van der Waals surface area (Å²) in [6, 6.07) is 0. The van der Waals surface area contributed by atoms with E-state index in [4.69, 9.17) is 0 Å². The van der Waals surface area contributed by atoms with E-state index >= 15 is 0 Å². The van der Waals surface area contributed by atoms with Crippen molar-refractivity contribution in [2.75, 3.05) is 0 Å². The lowest BCUT2D eigenvalue weighted by Crippen LogP contribution is -2.54. The van der Waals surface area contributed by atoms with Crippen molar-refractivity contribution in [3.05, 3.63) is 11.6 Å². The summed E-state index contributed by atoms with van der Waals surface area (Å²) >= 11 is 0. The molecule has 0 heterocycles. The van der Waals surface area contributed by atoms with Crippen molar-refractivity contribution in [3.8, 4) is 0 Å². The Kier molecular flexibility index (Phi) is 7.26. The lowest BCUT2D eigenvalue weighted by Gasteiger charge is -2.60. The van der Waals surface area contributed by atoms with E-state index < -0.39 is 0 Å². The van der Waals surface area contributed by atoms with E-state index in [1.165, 1.54) is 63.4 Å². The summed E-state index contributed by atoms with van der Waals surface area (Å²) in [7, 11) is 0. The van der Waals surface area contributed by atoms with Crippen molar-refractivity contribution >= 4 is 11.6 Å². The van der Waals surface area contributed by atoms with Crippen LogP contribution >= 0.6 is 0 Å². The highest BCUT2D eigenvalue weighted by Gasteiger charge is 2.61. The molecule has 13 atom stereocenters. The average Bonchev–Trinajstić information content (AvgIpc) is 3.44. The Bertz CT molecular complexity index is 1140. The van der Waals surface area contributed by atoms with Crippen molar-refractivity contribution in [1.82, 2.24) is 0 Å². The number of aliphatic hydroxyl groups excluding tert-OH is 2. The highest BCUT2D eigenvalue weighted by molar-refractivity contribution is 5.91. The molecule has 8 aliphatic rings. The van der Waals surface area contributed by atoms with Crippen LogP contribution in [0.15, 0.2) is 11.6 Å². The number of hydrogen-bond acceptors (Lipinski definition) is 4. The van der Waals surface area contributed by atoms with Crippen molar-refractivity contribution in [1.29, 1.82) is 0 Å². The number of carbonyl (C=O) groups is 2. The average molecular weight is 579 g/mol. The molecule has 4 nitrogen and oxygen atoms in total. The highest BCUT2D eigenvalue weighted by Crippen LogP contribution is 2.67. The first-order valence-electron chi connectivity index (χ1n) is 18.0. The first kappa shape index (κ1) is 29.7. The Hall–Kier alpha value is -1.00. The van der Waals surface area contributed by atoms with Gasteiger partial charge < -0.3 is 10.2 Å². The molecule has 0 aliphatic heterocycles. The topological polar surface area (TPSA) is 74.6 Å². The van der Waals surface area contributed by atoms with Crippen LogP contribution in [0.1, 0.15) is 137 Å². The quantitative estimate of drug-likeness (QED) is 0.307. The number of carbonyl (C=O) groups excluding carboxylic acids is 2. The molecule has 0 aromatic heterocycles. The van der Waals surface area contributed by atoms with Crippen LogP contribution in [-0.2, 0) is 9.59 Å². The number of rotatable bonds is 0. The maximum absolute atomic E-state index is 11.9. The SMILES string of the molecule is C[C@]12CCC(=O)C[C@@H]1CC[C@@H]1[C@@H]2CC[C@]2(C)[C@@H](O)CC[C@@H]12.C[C@]12CC[C@H]3[C@@H](CCC4=CC(=O)CC[C@@]43C)[C@@H]1CC[C@@H]2O. The number of hydrogen-bond donors (Lipinski definition) is 2.